The zero-order valence-corrected chi connectivity index (χ0v) is 14.4. The molecule has 1 unspecified atom stereocenters. The highest BCUT2D eigenvalue weighted by Gasteiger charge is 2.25. The van der Waals surface area contributed by atoms with E-state index in [1.165, 1.54) is 25.1 Å². The Morgan fingerprint density at radius 3 is 2.39 bits per heavy atom. The van der Waals surface area contributed by atoms with Gasteiger partial charge in [0, 0.05) is 22.7 Å². The molecule has 0 aliphatic rings. The number of nitrogen functional groups attached to an aromatic ring is 1. The van der Waals surface area contributed by atoms with E-state index >= 15 is 0 Å². The van der Waals surface area contributed by atoms with Crippen LogP contribution in [0.4, 0.5) is 10.5 Å². The normalized spacial score (nSPS) is 12.4. The van der Waals surface area contributed by atoms with Crippen LogP contribution in [0.15, 0.2) is 18.2 Å². The van der Waals surface area contributed by atoms with Crippen molar-refractivity contribution in [2.24, 2.45) is 0 Å². The number of carbonyl (C=O) groups excluding carboxylic acids is 3. The van der Waals surface area contributed by atoms with Crippen molar-refractivity contribution >= 4 is 34.9 Å². The first-order valence-electron chi connectivity index (χ1n) is 7.08. The molecular formula is C16H21ClN2O4. The topological polar surface area (TPSA) is 98.5 Å². The minimum atomic E-state index is -0.979. The van der Waals surface area contributed by atoms with Gasteiger partial charge < -0.3 is 15.8 Å². The van der Waals surface area contributed by atoms with E-state index in [9.17, 15) is 14.4 Å². The maximum Gasteiger partial charge on any atom is 0.408 e. The van der Waals surface area contributed by atoms with E-state index in [4.69, 9.17) is 22.1 Å². The van der Waals surface area contributed by atoms with Gasteiger partial charge in [-0.2, -0.15) is 0 Å². The van der Waals surface area contributed by atoms with Gasteiger partial charge in [0.05, 0.1) is 6.04 Å². The van der Waals surface area contributed by atoms with Gasteiger partial charge in [-0.25, -0.2) is 4.79 Å². The maximum absolute atomic E-state index is 12.3. The average molecular weight is 341 g/mol. The molecule has 23 heavy (non-hydrogen) atoms. The molecule has 0 aliphatic carbocycles. The number of nitrogens with one attached hydrogen (secondary N) is 1. The fourth-order valence-corrected chi connectivity index (χ4v) is 2.01. The fourth-order valence-electron chi connectivity index (χ4n) is 1.83. The molecule has 1 atom stereocenters. The van der Waals surface area contributed by atoms with Crippen LogP contribution in [0.5, 0.6) is 0 Å². The molecule has 0 saturated carbocycles. The number of ketones is 2. The molecule has 0 spiro atoms. The molecule has 0 aromatic heterocycles. The largest absolute Gasteiger partial charge is 0.444 e. The van der Waals surface area contributed by atoms with Crippen LogP contribution in [-0.4, -0.2) is 29.3 Å². The number of hydrogen-bond donors (Lipinski definition) is 2. The number of rotatable bonds is 5. The number of carbonyl (C=O) groups is 3. The van der Waals surface area contributed by atoms with Gasteiger partial charge in [0.2, 0.25) is 0 Å². The Labute approximate surface area is 140 Å². The summed E-state index contributed by atoms with van der Waals surface area (Å²) >= 11 is 5.79. The number of halogens is 1. The maximum atomic E-state index is 12.3. The number of amides is 1. The van der Waals surface area contributed by atoms with E-state index in [1.807, 2.05) is 0 Å². The summed E-state index contributed by atoms with van der Waals surface area (Å²) in [7, 11) is 0. The van der Waals surface area contributed by atoms with Crippen LogP contribution in [0.3, 0.4) is 0 Å². The first-order chi connectivity index (χ1) is 10.5. The molecule has 1 rings (SSSR count). The van der Waals surface area contributed by atoms with E-state index in [-0.39, 0.29) is 29.2 Å². The Morgan fingerprint density at radius 1 is 1.30 bits per heavy atom. The van der Waals surface area contributed by atoms with E-state index in [2.05, 4.69) is 5.32 Å². The summed E-state index contributed by atoms with van der Waals surface area (Å²) < 4.78 is 5.09. The quantitative estimate of drug-likeness (QED) is 0.634. The zero-order chi connectivity index (χ0) is 17.8. The molecule has 1 aromatic rings. The van der Waals surface area contributed by atoms with Gasteiger partial charge in [0.15, 0.2) is 11.6 Å². The smallest absolute Gasteiger partial charge is 0.408 e. The summed E-state index contributed by atoms with van der Waals surface area (Å²) in [5.74, 6) is -0.716. The molecule has 0 saturated heterocycles. The van der Waals surface area contributed by atoms with Crippen molar-refractivity contribution in [3.8, 4) is 0 Å². The molecule has 0 fully saturated rings. The van der Waals surface area contributed by atoms with Crippen molar-refractivity contribution in [1.29, 1.82) is 0 Å². The third-order valence-electron chi connectivity index (χ3n) is 2.89. The molecule has 6 nitrogen and oxygen atoms in total. The Kier molecular flexibility index (Phi) is 6.15. The summed E-state index contributed by atoms with van der Waals surface area (Å²) in [6.07, 6.45) is -0.963. The van der Waals surface area contributed by atoms with Gasteiger partial charge in [0.25, 0.3) is 0 Å². The Bertz CT molecular complexity index is 623. The van der Waals surface area contributed by atoms with Crippen molar-refractivity contribution < 1.29 is 19.1 Å². The number of alkyl carbamates (subject to hydrolysis) is 1. The second-order valence-corrected chi connectivity index (χ2v) is 6.60. The summed E-state index contributed by atoms with van der Waals surface area (Å²) in [5.41, 5.74) is 5.54. The Morgan fingerprint density at radius 2 is 1.91 bits per heavy atom. The lowest BCUT2D eigenvalue weighted by atomic mass is 10.0. The van der Waals surface area contributed by atoms with Gasteiger partial charge in [-0.3, -0.25) is 9.59 Å². The first-order valence-corrected chi connectivity index (χ1v) is 7.45. The predicted octanol–water partition coefficient (Wildman–Crippen LogP) is 2.98. The van der Waals surface area contributed by atoms with Crippen LogP contribution in [0.2, 0.25) is 5.02 Å². The minimum Gasteiger partial charge on any atom is -0.444 e. The lowest BCUT2D eigenvalue weighted by Crippen LogP contribution is -2.43. The molecule has 1 amide bonds. The van der Waals surface area contributed by atoms with E-state index in [0.717, 1.165) is 0 Å². The monoisotopic (exact) mass is 340 g/mol. The van der Waals surface area contributed by atoms with Gasteiger partial charge in [-0.1, -0.05) is 11.6 Å². The van der Waals surface area contributed by atoms with Crippen LogP contribution in [0.25, 0.3) is 0 Å². The third-order valence-corrected chi connectivity index (χ3v) is 3.12. The first kappa shape index (κ1) is 19.0. The average Bonchev–Trinajstić information content (AvgIpc) is 2.35. The van der Waals surface area contributed by atoms with E-state index < -0.39 is 17.7 Å². The number of ether oxygens (including phenoxy) is 1. The van der Waals surface area contributed by atoms with Gasteiger partial charge in [0.1, 0.15) is 5.60 Å². The number of benzene rings is 1. The lowest BCUT2D eigenvalue weighted by molar-refractivity contribution is -0.119. The van der Waals surface area contributed by atoms with Crippen molar-refractivity contribution in [2.75, 3.05) is 5.73 Å². The van der Waals surface area contributed by atoms with Crippen molar-refractivity contribution in [2.45, 2.75) is 45.8 Å². The van der Waals surface area contributed by atoms with Gasteiger partial charge in [-0.05, 0) is 45.9 Å². The molecule has 0 aliphatic heterocycles. The van der Waals surface area contributed by atoms with Crippen molar-refractivity contribution in [3.05, 3.63) is 28.8 Å². The number of nitrogens with two attached hydrogens (primary N) is 1. The molecule has 126 valence electrons. The fraction of sp³-hybridized carbons (Fsp3) is 0.438. The molecule has 0 radical (unpaired) electrons. The lowest BCUT2D eigenvalue weighted by Gasteiger charge is -2.22. The van der Waals surface area contributed by atoms with Gasteiger partial charge >= 0.3 is 6.09 Å². The zero-order valence-electron chi connectivity index (χ0n) is 13.6. The molecule has 3 N–H and O–H groups in total. The summed E-state index contributed by atoms with van der Waals surface area (Å²) in [6, 6.07) is 3.51. The Hall–Kier alpha value is -2.08. The SMILES string of the molecule is CC(=O)C(CC(=O)c1ccc(Cl)cc1N)NC(=O)OC(C)(C)C. The summed E-state index contributed by atoms with van der Waals surface area (Å²) in [4.78, 5) is 35.7. The van der Waals surface area contributed by atoms with Crippen LogP contribution in [0.1, 0.15) is 44.5 Å². The van der Waals surface area contributed by atoms with Crippen molar-refractivity contribution in [1.82, 2.24) is 5.32 Å². The number of Topliss-reactive ketones (excluding diaryl/α,β-unsaturated/α-hetero) is 2. The van der Waals surface area contributed by atoms with Crippen LogP contribution >= 0.6 is 11.6 Å². The van der Waals surface area contributed by atoms with Crippen molar-refractivity contribution in [3.63, 3.8) is 0 Å². The second-order valence-electron chi connectivity index (χ2n) is 6.17. The van der Waals surface area contributed by atoms with Crippen LogP contribution in [0, 0.1) is 0 Å². The molecule has 0 heterocycles. The highest BCUT2D eigenvalue weighted by molar-refractivity contribution is 6.31. The number of anilines is 1. The Balaban J connectivity index is 2.81. The molecule has 0 bridgehead atoms. The van der Waals surface area contributed by atoms with E-state index in [0.29, 0.717) is 5.02 Å². The van der Waals surface area contributed by atoms with E-state index in [1.54, 1.807) is 20.8 Å². The third kappa shape index (κ3) is 6.28. The molecular weight excluding hydrogens is 320 g/mol. The summed E-state index contributed by atoms with van der Waals surface area (Å²) in [6.45, 7) is 6.40. The minimum absolute atomic E-state index is 0.208. The van der Waals surface area contributed by atoms with Crippen LogP contribution < -0.4 is 11.1 Å². The second kappa shape index (κ2) is 7.46. The highest BCUT2D eigenvalue weighted by Crippen LogP contribution is 2.20. The van der Waals surface area contributed by atoms with Gasteiger partial charge in [-0.15, -0.1) is 0 Å². The molecule has 7 heteroatoms. The van der Waals surface area contributed by atoms with Crippen LogP contribution in [-0.2, 0) is 9.53 Å². The summed E-state index contributed by atoms with van der Waals surface area (Å²) in [5, 5.41) is 2.82. The predicted molar refractivity (Wildman–Crippen MR) is 88.7 cm³/mol. The number of hydrogen-bond acceptors (Lipinski definition) is 5. The standard InChI is InChI=1S/C16H21ClN2O4/c1-9(20)13(19-15(22)23-16(2,3)4)8-14(21)11-6-5-10(17)7-12(11)18/h5-7,13H,8,18H2,1-4H3,(H,19,22). The molecule has 1 aromatic carbocycles. The highest BCUT2D eigenvalue weighted by atomic mass is 35.5.